The van der Waals surface area contributed by atoms with Crippen LogP contribution in [0.15, 0.2) is 0 Å². The predicted octanol–water partition coefficient (Wildman–Crippen LogP) is -3.69. The molecule has 4 amide bonds. The van der Waals surface area contributed by atoms with Gasteiger partial charge in [-0.15, -0.1) is 0 Å². The van der Waals surface area contributed by atoms with Gasteiger partial charge in [0.05, 0.1) is 6.61 Å². The zero-order chi connectivity index (χ0) is 27.7. The van der Waals surface area contributed by atoms with Gasteiger partial charge in [0, 0.05) is 13.3 Å². The number of aliphatic carboxylic acids is 1. The van der Waals surface area contributed by atoms with Crippen LogP contribution in [-0.4, -0.2) is 105 Å². The van der Waals surface area contributed by atoms with Gasteiger partial charge in [0.15, 0.2) is 6.29 Å². The Morgan fingerprint density at radius 1 is 1.06 bits per heavy atom. The number of carbonyl (C=O) groups is 5. The normalized spacial score (nSPS) is 26.4. The molecular weight excluding hydrogens is 484 g/mol. The Hall–Kier alpha value is -2.85. The number of primary amides is 1. The van der Waals surface area contributed by atoms with E-state index in [0.29, 0.717) is 0 Å². The van der Waals surface area contributed by atoms with Crippen LogP contribution in [-0.2, 0) is 33.4 Å². The summed E-state index contributed by atoms with van der Waals surface area (Å²) in [5.41, 5.74) is 5.24. The average Bonchev–Trinajstić information content (AvgIpc) is 2.77. The first-order valence-corrected chi connectivity index (χ1v) is 11.4. The lowest BCUT2D eigenvalue weighted by Crippen LogP contribution is -2.66. The zero-order valence-corrected chi connectivity index (χ0v) is 20.5. The topological polar surface area (TPSA) is 247 Å². The molecule has 1 aliphatic heterocycles. The molecule has 1 aliphatic rings. The van der Waals surface area contributed by atoms with E-state index >= 15 is 0 Å². The lowest BCUT2D eigenvalue weighted by Gasteiger charge is -2.43. The molecule has 1 rings (SSSR count). The summed E-state index contributed by atoms with van der Waals surface area (Å²) >= 11 is 0. The number of carboxylic acids is 1. The molecule has 0 aromatic heterocycles. The molecule has 1 fully saturated rings. The van der Waals surface area contributed by atoms with E-state index in [1.165, 1.54) is 6.92 Å². The standard InChI is InChI=1S/C21H36N4O11/c1-8(2)14(20(33)24-11(18(22)31)5-6-13(28)29)25-19(32)9(3)35-17-15(23-10(4)27)21(34)36-12(7-26)16(17)30/h8-9,11-12,14-17,21,26,30,34H,5-7H2,1-4H3,(H2,22,31)(H,23,27)(H,24,33)(H,25,32)(H,28,29)/t9-,11-,12-,14+,15-,16-,17-,21-/m1/s1. The largest absolute Gasteiger partial charge is 0.481 e. The fourth-order valence-corrected chi connectivity index (χ4v) is 3.55. The summed E-state index contributed by atoms with van der Waals surface area (Å²) in [5.74, 6) is -4.76. The average molecular weight is 521 g/mol. The van der Waals surface area contributed by atoms with Crippen LogP contribution in [0.2, 0.25) is 0 Å². The Balaban J connectivity index is 2.96. The van der Waals surface area contributed by atoms with E-state index < -0.39 is 97.4 Å². The van der Waals surface area contributed by atoms with E-state index in [9.17, 15) is 39.3 Å². The number of nitrogens with one attached hydrogen (secondary N) is 3. The molecule has 0 aromatic carbocycles. The number of carboxylic acid groups (broad SMARTS) is 1. The summed E-state index contributed by atoms with van der Waals surface area (Å²) in [6.45, 7) is 5.01. The molecule has 0 unspecified atom stereocenters. The number of ether oxygens (including phenoxy) is 2. The summed E-state index contributed by atoms with van der Waals surface area (Å²) in [6.07, 6.45) is -7.77. The van der Waals surface area contributed by atoms with Crippen LogP contribution in [0.25, 0.3) is 0 Å². The van der Waals surface area contributed by atoms with Crippen molar-refractivity contribution >= 4 is 29.6 Å². The van der Waals surface area contributed by atoms with E-state index in [2.05, 4.69) is 16.0 Å². The van der Waals surface area contributed by atoms with Crippen molar-refractivity contribution in [3.8, 4) is 0 Å². The Kier molecular flexibility index (Phi) is 12.2. The molecule has 0 aliphatic carbocycles. The van der Waals surface area contributed by atoms with Gasteiger partial charge in [0.25, 0.3) is 0 Å². The monoisotopic (exact) mass is 520 g/mol. The second-order valence-electron chi connectivity index (χ2n) is 8.83. The number of aliphatic hydroxyl groups excluding tert-OH is 3. The zero-order valence-electron chi connectivity index (χ0n) is 20.5. The van der Waals surface area contributed by atoms with E-state index in [4.69, 9.17) is 20.3 Å². The molecule has 15 nitrogen and oxygen atoms in total. The minimum Gasteiger partial charge on any atom is -0.481 e. The van der Waals surface area contributed by atoms with Gasteiger partial charge in [-0.1, -0.05) is 13.8 Å². The summed E-state index contributed by atoms with van der Waals surface area (Å²) in [4.78, 5) is 59.5. The maximum absolute atomic E-state index is 12.8. The van der Waals surface area contributed by atoms with Crippen LogP contribution in [0, 0.1) is 5.92 Å². The van der Waals surface area contributed by atoms with Crippen molar-refractivity contribution in [3.05, 3.63) is 0 Å². The van der Waals surface area contributed by atoms with Crippen molar-refractivity contribution in [3.63, 3.8) is 0 Å². The number of hydrogen-bond donors (Lipinski definition) is 8. The first-order valence-electron chi connectivity index (χ1n) is 11.4. The van der Waals surface area contributed by atoms with Crippen LogP contribution < -0.4 is 21.7 Å². The third-order valence-corrected chi connectivity index (χ3v) is 5.53. The molecule has 0 saturated carbocycles. The fourth-order valence-electron chi connectivity index (χ4n) is 3.55. The van der Waals surface area contributed by atoms with Crippen LogP contribution in [0.4, 0.5) is 0 Å². The van der Waals surface area contributed by atoms with Crippen LogP contribution in [0.3, 0.4) is 0 Å². The Morgan fingerprint density at radius 3 is 2.14 bits per heavy atom. The van der Waals surface area contributed by atoms with Gasteiger partial charge in [-0.05, 0) is 19.3 Å². The lowest BCUT2D eigenvalue weighted by molar-refractivity contribution is -0.266. The van der Waals surface area contributed by atoms with Gasteiger partial charge in [0.1, 0.15) is 42.5 Å². The first-order chi connectivity index (χ1) is 16.7. The predicted molar refractivity (Wildman–Crippen MR) is 121 cm³/mol. The molecule has 15 heteroatoms. The van der Waals surface area contributed by atoms with Crippen molar-refractivity contribution in [2.24, 2.45) is 11.7 Å². The van der Waals surface area contributed by atoms with Gasteiger partial charge >= 0.3 is 5.97 Å². The number of amides is 4. The molecular formula is C21H36N4O11. The molecule has 0 bridgehead atoms. The minimum atomic E-state index is -1.65. The van der Waals surface area contributed by atoms with Gasteiger partial charge in [-0.2, -0.15) is 0 Å². The molecule has 8 atom stereocenters. The van der Waals surface area contributed by atoms with Crippen LogP contribution in [0.5, 0.6) is 0 Å². The van der Waals surface area contributed by atoms with E-state index in [1.807, 2.05) is 0 Å². The molecule has 0 radical (unpaired) electrons. The molecule has 9 N–H and O–H groups in total. The third kappa shape index (κ3) is 8.98. The first kappa shape index (κ1) is 31.2. The summed E-state index contributed by atoms with van der Waals surface area (Å²) in [6, 6.07) is -3.71. The highest BCUT2D eigenvalue weighted by molar-refractivity contribution is 5.92. The number of carbonyl (C=O) groups excluding carboxylic acids is 4. The highest BCUT2D eigenvalue weighted by Gasteiger charge is 2.47. The Morgan fingerprint density at radius 2 is 1.67 bits per heavy atom. The SMILES string of the molecule is CC(=O)N[C@@H]1[C@@H](O[C@H](C)C(=O)N[C@H](C(=O)N[C@H](CCC(=O)O)C(N)=O)C(C)C)[C@H](O)[C@@H](CO)O[C@H]1O. The molecule has 0 spiro atoms. The summed E-state index contributed by atoms with van der Waals surface area (Å²) in [7, 11) is 0. The van der Waals surface area contributed by atoms with E-state index in [0.717, 1.165) is 6.92 Å². The van der Waals surface area contributed by atoms with Crippen molar-refractivity contribution in [1.82, 2.24) is 16.0 Å². The molecule has 0 aromatic rings. The van der Waals surface area contributed by atoms with Gasteiger partial charge in [-0.25, -0.2) is 0 Å². The van der Waals surface area contributed by atoms with Crippen molar-refractivity contribution in [2.75, 3.05) is 6.61 Å². The molecule has 36 heavy (non-hydrogen) atoms. The summed E-state index contributed by atoms with van der Waals surface area (Å²) in [5, 5.41) is 46.1. The maximum atomic E-state index is 12.8. The Labute approximate surface area is 207 Å². The molecule has 206 valence electrons. The van der Waals surface area contributed by atoms with Gasteiger partial charge in [0.2, 0.25) is 23.6 Å². The summed E-state index contributed by atoms with van der Waals surface area (Å²) < 4.78 is 10.7. The number of rotatable bonds is 13. The van der Waals surface area contributed by atoms with Crippen molar-refractivity contribution < 1.29 is 53.9 Å². The van der Waals surface area contributed by atoms with Crippen molar-refractivity contribution in [1.29, 1.82) is 0 Å². The van der Waals surface area contributed by atoms with Gasteiger partial charge < -0.3 is 51.6 Å². The molecule has 1 heterocycles. The van der Waals surface area contributed by atoms with Crippen molar-refractivity contribution in [2.45, 2.75) is 89.4 Å². The highest BCUT2D eigenvalue weighted by Crippen LogP contribution is 2.24. The van der Waals surface area contributed by atoms with Gasteiger partial charge in [-0.3, -0.25) is 24.0 Å². The van der Waals surface area contributed by atoms with Crippen LogP contribution in [0.1, 0.15) is 40.5 Å². The maximum Gasteiger partial charge on any atom is 0.303 e. The van der Waals surface area contributed by atoms with E-state index in [1.54, 1.807) is 13.8 Å². The second kappa shape index (κ2) is 14.0. The quantitative estimate of drug-likeness (QED) is 0.117. The third-order valence-electron chi connectivity index (χ3n) is 5.53. The highest BCUT2D eigenvalue weighted by atomic mass is 16.6. The molecule has 1 saturated heterocycles. The minimum absolute atomic E-state index is 0.241. The number of hydrogen-bond acceptors (Lipinski definition) is 10. The number of nitrogens with two attached hydrogens (primary N) is 1. The number of aliphatic hydroxyl groups is 3. The smallest absolute Gasteiger partial charge is 0.303 e. The van der Waals surface area contributed by atoms with Crippen LogP contribution >= 0.6 is 0 Å². The van der Waals surface area contributed by atoms with E-state index in [-0.39, 0.29) is 6.42 Å². The fraction of sp³-hybridized carbons (Fsp3) is 0.762. The Bertz CT molecular complexity index is 809. The second-order valence-corrected chi connectivity index (χ2v) is 8.83. The lowest BCUT2D eigenvalue weighted by atomic mass is 9.96.